The molecule has 0 bridgehead atoms. The predicted molar refractivity (Wildman–Crippen MR) is 150 cm³/mol. The maximum Gasteiger partial charge on any atom is 0.140 e. The molecule has 4 aliphatic carbocycles. The minimum Gasteiger partial charge on any atom is -0.299 e. The summed E-state index contributed by atoms with van der Waals surface area (Å²) in [5, 5.41) is 0. The van der Waals surface area contributed by atoms with Crippen molar-refractivity contribution in [2.75, 3.05) is 0 Å². The molecule has 4 aliphatic rings. The van der Waals surface area contributed by atoms with E-state index < -0.39 is 0 Å². The maximum absolute atomic E-state index is 13.7. The van der Waals surface area contributed by atoms with Crippen LogP contribution in [0.2, 0.25) is 0 Å². The third-order valence-electron chi connectivity index (χ3n) is 11.4. The normalized spacial score (nSPS) is 38.3. The number of rotatable bonds is 5. The van der Waals surface area contributed by atoms with E-state index in [1.165, 1.54) is 50.5 Å². The molecule has 1 aromatic rings. The molecular weight excluding hydrogens is 436 g/mol. The van der Waals surface area contributed by atoms with Crippen molar-refractivity contribution in [3.8, 4) is 11.8 Å². The van der Waals surface area contributed by atoms with Crippen molar-refractivity contribution < 1.29 is 4.79 Å². The van der Waals surface area contributed by atoms with Gasteiger partial charge >= 0.3 is 0 Å². The summed E-state index contributed by atoms with van der Waals surface area (Å²) in [4.78, 5) is 13.7. The topological polar surface area (TPSA) is 17.1 Å². The standard InChI is InChI=1S/C35H48O/c1-24(2)10-9-11-25(3)29-16-17-30-28-23-33(36)32-22-27(15-14-26-12-7-6-8-13-26)18-20-35(32,5)31(28)19-21-34(29,30)4/h6-8,12-13,22,24-25,28-32H,9-11,16-21,23H2,1-5H3/t25-,28+,29+,30-,31+,32+,34+,35+/m0/s1. The molecule has 8 atom stereocenters. The Bertz CT molecular complexity index is 1040. The van der Waals surface area contributed by atoms with Crippen molar-refractivity contribution in [1.82, 2.24) is 0 Å². The van der Waals surface area contributed by atoms with Crippen LogP contribution in [0.5, 0.6) is 0 Å². The second-order valence-electron chi connectivity index (χ2n) is 13.9. The molecule has 0 amide bonds. The van der Waals surface area contributed by atoms with E-state index in [1.54, 1.807) is 0 Å². The molecule has 0 aromatic heterocycles. The highest BCUT2D eigenvalue weighted by atomic mass is 16.1. The lowest BCUT2D eigenvalue weighted by Gasteiger charge is -2.59. The highest BCUT2D eigenvalue weighted by Gasteiger charge is 2.61. The van der Waals surface area contributed by atoms with Gasteiger partial charge in [-0.1, -0.05) is 90.0 Å². The summed E-state index contributed by atoms with van der Waals surface area (Å²) < 4.78 is 0. The molecule has 0 heterocycles. The molecule has 3 fully saturated rings. The van der Waals surface area contributed by atoms with Crippen LogP contribution in [0.15, 0.2) is 42.0 Å². The summed E-state index contributed by atoms with van der Waals surface area (Å²) in [6.45, 7) is 12.3. The van der Waals surface area contributed by atoms with Crippen LogP contribution >= 0.6 is 0 Å². The molecule has 0 spiro atoms. The fraction of sp³-hybridized carbons (Fsp3) is 0.686. The van der Waals surface area contributed by atoms with Gasteiger partial charge in [0.25, 0.3) is 0 Å². The predicted octanol–water partition coefficient (Wildman–Crippen LogP) is 8.87. The Morgan fingerprint density at radius 2 is 1.67 bits per heavy atom. The molecule has 36 heavy (non-hydrogen) atoms. The third kappa shape index (κ3) is 4.64. The van der Waals surface area contributed by atoms with Crippen molar-refractivity contribution in [1.29, 1.82) is 0 Å². The zero-order valence-electron chi connectivity index (χ0n) is 23.5. The van der Waals surface area contributed by atoms with E-state index in [9.17, 15) is 4.79 Å². The van der Waals surface area contributed by atoms with Crippen LogP contribution in [-0.2, 0) is 4.79 Å². The van der Waals surface area contributed by atoms with E-state index in [-0.39, 0.29) is 11.3 Å². The van der Waals surface area contributed by atoms with Gasteiger partial charge in [-0.25, -0.2) is 0 Å². The third-order valence-corrected chi connectivity index (χ3v) is 11.4. The molecule has 0 aliphatic heterocycles. The molecule has 3 saturated carbocycles. The molecule has 0 unspecified atom stereocenters. The van der Waals surface area contributed by atoms with Crippen LogP contribution in [0.1, 0.15) is 104 Å². The second kappa shape index (κ2) is 10.2. The fourth-order valence-corrected chi connectivity index (χ4v) is 9.46. The molecule has 1 heteroatoms. The Hall–Kier alpha value is -1.81. The lowest BCUT2D eigenvalue weighted by atomic mass is 9.44. The molecule has 1 nitrogen and oxygen atoms in total. The Labute approximate surface area is 220 Å². The first-order valence-corrected chi connectivity index (χ1v) is 15.0. The molecule has 1 aromatic carbocycles. The van der Waals surface area contributed by atoms with Crippen LogP contribution in [-0.4, -0.2) is 5.78 Å². The molecular formula is C35H48O. The Kier molecular flexibility index (Phi) is 7.29. The van der Waals surface area contributed by atoms with E-state index in [0.717, 1.165) is 48.5 Å². The number of Topliss-reactive ketones (excluding diaryl/α,β-unsaturated/α-hetero) is 1. The SMILES string of the molecule is CC(C)CCC[C@H](C)[C@H]1CC[C@H]2[C@H]3CC(=O)[C@H]4C=C(C#Cc5ccccc5)CC[C@]4(C)[C@@H]3CC[C@]12C. The summed E-state index contributed by atoms with van der Waals surface area (Å²) in [6, 6.07) is 10.2. The minimum absolute atomic E-state index is 0.0732. The number of ketones is 1. The zero-order valence-corrected chi connectivity index (χ0v) is 23.5. The summed E-state index contributed by atoms with van der Waals surface area (Å²) in [6.07, 6.45) is 14.8. The van der Waals surface area contributed by atoms with E-state index >= 15 is 0 Å². The number of hydrogen-bond donors (Lipinski definition) is 0. The molecule has 5 rings (SSSR count). The van der Waals surface area contributed by atoms with E-state index in [1.807, 2.05) is 18.2 Å². The number of benzene rings is 1. The number of carbonyl (C=O) groups excluding carboxylic acids is 1. The summed E-state index contributed by atoms with van der Waals surface area (Å²) in [5.41, 5.74) is 2.81. The highest BCUT2D eigenvalue weighted by Crippen LogP contribution is 2.67. The van der Waals surface area contributed by atoms with Gasteiger partial charge < -0.3 is 0 Å². The maximum atomic E-state index is 13.7. The average molecular weight is 485 g/mol. The van der Waals surface area contributed by atoms with Gasteiger partial charge in [-0.3, -0.25) is 4.79 Å². The molecule has 0 radical (unpaired) electrons. The van der Waals surface area contributed by atoms with Gasteiger partial charge in [0, 0.05) is 17.9 Å². The van der Waals surface area contributed by atoms with Gasteiger partial charge in [0.05, 0.1) is 0 Å². The summed E-state index contributed by atoms with van der Waals surface area (Å²) in [7, 11) is 0. The highest BCUT2D eigenvalue weighted by molar-refractivity contribution is 5.85. The van der Waals surface area contributed by atoms with E-state index in [0.29, 0.717) is 23.0 Å². The first-order valence-electron chi connectivity index (χ1n) is 15.0. The lowest BCUT2D eigenvalue weighted by Crippen LogP contribution is -2.55. The summed E-state index contributed by atoms with van der Waals surface area (Å²) in [5.74, 6) is 11.9. The van der Waals surface area contributed by atoms with Crippen LogP contribution in [0.4, 0.5) is 0 Å². The number of allylic oxidation sites excluding steroid dienone is 2. The first kappa shape index (κ1) is 25.8. The molecule has 194 valence electrons. The zero-order chi connectivity index (χ0) is 25.5. The van der Waals surface area contributed by atoms with Crippen LogP contribution in [0, 0.1) is 64.1 Å². The van der Waals surface area contributed by atoms with Crippen LogP contribution in [0.3, 0.4) is 0 Å². The van der Waals surface area contributed by atoms with Crippen molar-refractivity contribution in [3.63, 3.8) is 0 Å². The summed E-state index contributed by atoms with van der Waals surface area (Å²) >= 11 is 0. The van der Waals surface area contributed by atoms with E-state index in [4.69, 9.17) is 0 Å². The molecule has 0 N–H and O–H groups in total. The van der Waals surface area contributed by atoms with Crippen LogP contribution in [0.25, 0.3) is 0 Å². The molecule has 0 saturated heterocycles. The van der Waals surface area contributed by atoms with E-state index in [2.05, 4.69) is 64.7 Å². The fourth-order valence-electron chi connectivity index (χ4n) is 9.46. The van der Waals surface area contributed by atoms with Gasteiger partial charge in [0.2, 0.25) is 0 Å². The largest absolute Gasteiger partial charge is 0.299 e. The van der Waals surface area contributed by atoms with Gasteiger partial charge in [0.15, 0.2) is 0 Å². The van der Waals surface area contributed by atoms with Crippen molar-refractivity contribution in [2.24, 2.45) is 52.3 Å². The van der Waals surface area contributed by atoms with Crippen molar-refractivity contribution >= 4 is 5.78 Å². The van der Waals surface area contributed by atoms with Gasteiger partial charge in [-0.2, -0.15) is 0 Å². The Morgan fingerprint density at radius 3 is 2.42 bits per heavy atom. The Morgan fingerprint density at radius 1 is 0.917 bits per heavy atom. The smallest absolute Gasteiger partial charge is 0.140 e. The number of carbonyl (C=O) groups is 1. The quantitative estimate of drug-likeness (QED) is 0.381. The van der Waals surface area contributed by atoms with Crippen molar-refractivity contribution in [2.45, 2.75) is 98.8 Å². The second-order valence-corrected chi connectivity index (χ2v) is 13.9. The van der Waals surface area contributed by atoms with Gasteiger partial charge in [-0.15, -0.1) is 0 Å². The monoisotopic (exact) mass is 484 g/mol. The minimum atomic E-state index is 0.0732. The van der Waals surface area contributed by atoms with Gasteiger partial charge in [-0.05, 0) is 103 Å². The Balaban J connectivity index is 1.32. The van der Waals surface area contributed by atoms with Crippen LogP contribution < -0.4 is 0 Å². The lowest BCUT2D eigenvalue weighted by molar-refractivity contribution is -0.146. The van der Waals surface area contributed by atoms with Gasteiger partial charge in [0.1, 0.15) is 5.78 Å². The first-order chi connectivity index (χ1) is 17.2. The average Bonchev–Trinajstić information content (AvgIpc) is 3.21. The van der Waals surface area contributed by atoms with Crippen molar-refractivity contribution in [3.05, 3.63) is 47.5 Å². The number of hydrogen-bond acceptors (Lipinski definition) is 1. The number of fused-ring (bicyclic) bond motifs is 5.